The third kappa shape index (κ3) is 5.34. The van der Waals surface area contributed by atoms with Crippen molar-refractivity contribution in [1.29, 1.82) is 0 Å². The molecule has 0 unspecified atom stereocenters. The molecule has 0 aliphatic rings. The van der Waals surface area contributed by atoms with Gasteiger partial charge in [0, 0.05) is 48.8 Å². The zero-order chi connectivity index (χ0) is 45.9. The lowest BCUT2D eigenvalue weighted by molar-refractivity contribution is 1.18. The van der Waals surface area contributed by atoms with Crippen LogP contribution < -0.4 is 20.7 Å². The van der Waals surface area contributed by atoms with Crippen LogP contribution in [0.15, 0.2) is 261 Å². The molecule has 0 saturated carbocycles. The van der Waals surface area contributed by atoms with Crippen LogP contribution in [0.1, 0.15) is 0 Å². The maximum atomic E-state index is 2.62. The van der Waals surface area contributed by atoms with Crippen LogP contribution >= 0.6 is 0 Å². The standard InChI is InChI=1S/C66H43N3Si/c1-5-22-44(23-6-1)67-59-37-18-16-33-52(59)56-42-63-64(43-62(56)67)69-60-38-19-15-32-51(60)55-36-21-35-54(65(55)69)49-30-13-14-31-50(49)57-40-48(41-58-53-34-17-20-39-61(53)68(63)66(57)58)70(45-24-7-2-8-25-45,46-26-9-3-10-27-46)47-28-11-4-12-29-47/h1-43H. The van der Waals surface area contributed by atoms with E-state index in [1.54, 1.807) is 0 Å². The first-order valence-corrected chi connectivity index (χ1v) is 26.3. The third-order valence-electron chi connectivity index (χ3n) is 15.3. The van der Waals surface area contributed by atoms with Crippen molar-refractivity contribution < 1.29 is 0 Å². The molecule has 15 aromatic rings. The summed E-state index contributed by atoms with van der Waals surface area (Å²) in [6.07, 6.45) is 0. The van der Waals surface area contributed by atoms with Crippen LogP contribution in [0.5, 0.6) is 0 Å². The van der Waals surface area contributed by atoms with Crippen molar-refractivity contribution in [3.8, 4) is 5.69 Å². The van der Waals surface area contributed by atoms with Gasteiger partial charge in [-0.1, -0.05) is 218 Å². The van der Waals surface area contributed by atoms with E-state index in [4.69, 9.17) is 0 Å². The molecule has 0 spiro atoms. The summed E-state index contributed by atoms with van der Waals surface area (Å²) in [6.45, 7) is 0. The van der Waals surface area contributed by atoms with Gasteiger partial charge in [-0.05, 0) is 74.0 Å². The molecule has 4 heterocycles. The molecule has 326 valence electrons. The summed E-state index contributed by atoms with van der Waals surface area (Å²) in [5.41, 5.74) is 10.5. The molecule has 11 aromatic carbocycles. The van der Waals surface area contributed by atoms with Gasteiger partial charge in [-0.25, -0.2) is 0 Å². The molecule has 4 heteroatoms. The smallest absolute Gasteiger partial charge is 0.179 e. The van der Waals surface area contributed by atoms with Gasteiger partial charge in [0.25, 0.3) is 0 Å². The fraction of sp³-hybridized carbons (Fsp3) is 0. The van der Waals surface area contributed by atoms with Gasteiger partial charge >= 0.3 is 0 Å². The van der Waals surface area contributed by atoms with Crippen LogP contribution in [0.4, 0.5) is 0 Å². The Hall–Kier alpha value is -8.96. The number of aromatic nitrogens is 3. The first-order valence-electron chi connectivity index (χ1n) is 24.3. The molecule has 0 fully saturated rings. The highest BCUT2D eigenvalue weighted by atomic mass is 28.3. The molecule has 0 aliphatic carbocycles. The fourth-order valence-corrected chi connectivity index (χ4v) is 17.3. The Morgan fingerprint density at radius 1 is 0.214 bits per heavy atom. The van der Waals surface area contributed by atoms with Crippen molar-refractivity contribution in [1.82, 2.24) is 13.4 Å². The lowest BCUT2D eigenvalue weighted by Crippen LogP contribution is -2.74. The first-order chi connectivity index (χ1) is 34.8. The summed E-state index contributed by atoms with van der Waals surface area (Å²) < 4.78 is 7.66. The van der Waals surface area contributed by atoms with E-state index in [9.17, 15) is 0 Å². The minimum absolute atomic E-state index is 1.13. The van der Waals surface area contributed by atoms with E-state index in [1.807, 2.05) is 0 Å². The van der Waals surface area contributed by atoms with E-state index in [0.717, 1.165) is 16.7 Å². The fourth-order valence-electron chi connectivity index (χ4n) is 12.5. The zero-order valence-electron chi connectivity index (χ0n) is 38.2. The molecule has 4 aromatic heterocycles. The average Bonchev–Trinajstić information content (AvgIpc) is 4.07. The molecule has 0 radical (unpaired) electrons. The molecule has 0 N–H and O–H groups in total. The van der Waals surface area contributed by atoms with E-state index >= 15 is 0 Å². The van der Waals surface area contributed by atoms with Crippen molar-refractivity contribution in [2.24, 2.45) is 0 Å². The molecule has 15 rings (SSSR count). The van der Waals surface area contributed by atoms with Crippen LogP contribution in [0.2, 0.25) is 0 Å². The molecule has 0 aliphatic heterocycles. The number of benzene rings is 11. The average molecular weight is 906 g/mol. The van der Waals surface area contributed by atoms with Crippen molar-refractivity contribution >= 4 is 127 Å². The van der Waals surface area contributed by atoms with Crippen molar-refractivity contribution in [3.05, 3.63) is 261 Å². The molecule has 0 amide bonds. The quantitative estimate of drug-likeness (QED) is 0.121. The number of hydrogen-bond acceptors (Lipinski definition) is 0. The summed E-state index contributed by atoms with van der Waals surface area (Å²) >= 11 is 0. The van der Waals surface area contributed by atoms with Crippen LogP contribution in [-0.4, -0.2) is 21.4 Å². The van der Waals surface area contributed by atoms with Crippen LogP contribution in [-0.2, 0) is 0 Å². The van der Waals surface area contributed by atoms with Gasteiger partial charge in [-0.2, -0.15) is 0 Å². The Balaban J connectivity index is 1.27. The lowest BCUT2D eigenvalue weighted by Gasteiger charge is -2.34. The van der Waals surface area contributed by atoms with E-state index in [0.29, 0.717) is 0 Å². The Kier molecular flexibility index (Phi) is 8.38. The SMILES string of the molecule is c1ccc(-n2c3ccccc3c3cc4c(cc32)n2c3ccccc3c3cccc(c5ccccc5c5cc([Si](c6ccccc6)(c6ccccc6)c6ccccc6)cc6c7ccccc7n4c56)c32)cc1. The maximum Gasteiger partial charge on any atom is 0.179 e. The number of hydrogen-bond donors (Lipinski definition) is 0. The molecule has 0 atom stereocenters. The number of rotatable bonds is 5. The predicted molar refractivity (Wildman–Crippen MR) is 300 cm³/mol. The Morgan fingerprint density at radius 2 is 0.586 bits per heavy atom. The first kappa shape index (κ1) is 39.1. The van der Waals surface area contributed by atoms with Gasteiger partial charge < -0.3 is 13.4 Å². The number of nitrogens with zero attached hydrogens (tertiary/aromatic N) is 3. The second-order valence-corrected chi connectivity index (χ2v) is 22.6. The second kappa shape index (κ2) is 15.0. The van der Waals surface area contributed by atoms with Crippen LogP contribution in [0, 0.1) is 0 Å². The topological polar surface area (TPSA) is 13.8 Å². The second-order valence-electron chi connectivity index (χ2n) is 18.8. The minimum atomic E-state index is -3.00. The molecule has 0 bridgehead atoms. The van der Waals surface area contributed by atoms with Crippen molar-refractivity contribution in [2.45, 2.75) is 0 Å². The molecular formula is C66H43N3Si. The Bertz CT molecular complexity index is 4530. The number of fused-ring (bicyclic) bond motifs is 15. The van der Waals surface area contributed by atoms with E-state index in [1.165, 1.54) is 108 Å². The number of para-hydroxylation sites is 5. The van der Waals surface area contributed by atoms with Crippen molar-refractivity contribution in [2.75, 3.05) is 0 Å². The van der Waals surface area contributed by atoms with Gasteiger partial charge in [0.2, 0.25) is 0 Å². The maximum absolute atomic E-state index is 3.00. The molecular weight excluding hydrogens is 863 g/mol. The minimum Gasteiger partial charge on any atom is -0.309 e. The Morgan fingerprint density at radius 3 is 1.14 bits per heavy atom. The van der Waals surface area contributed by atoms with E-state index in [2.05, 4.69) is 274 Å². The highest BCUT2D eigenvalue weighted by Gasteiger charge is 2.42. The van der Waals surface area contributed by atoms with E-state index < -0.39 is 8.07 Å². The van der Waals surface area contributed by atoms with Crippen molar-refractivity contribution in [3.63, 3.8) is 0 Å². The lowest BCUT2D eigenvalue weighted by atomic mass is 10.0. The normalized spacial score (nSPS) is 12.3. The molecule has 0 saturated heterocycles. The predicted octanol–water partition coefficient (Wildman–Crippen LogP) is 14.1. The van der Waals surface area contributed by atoms with Crippen LogP contribution in [0.3, 0.4) is 0 Å². The highest BCUT2D eigenvalue weighted by Crippen LogP contribution is 2.42. The summed E-state index contributed by atoms with van der Waals surface area (Å²) in [4.78, 5) is 0. The summed E-state index contributed by atoms with van der Waals surface area (Å²) in [5.74, 6) is 0. The summed E-state index contributed by atoms with van der Waals surface area (Å²) in [7, 11) is -3.00. The molecule has 70 heavy (non-hydrogen) atoms. The van der Waals surface area contributed by atoms with Gasteiger partial charge in [0.15, 0.2) is 8.07 Å². The van der Waals surface area contributed by atoms with Crippen LogP contribution in [0.25, 0.3) is 104 Å². The summed E-state index contributed by atoms with van der Waals surface area (Å²) in [5, 5.41) is 17.6. The molecule has 3 nitrogen and oxygen atoms in total. The van der Waals surface area contributed by atoms with E-state index in [-0.39, 0.29) is 0 Å². The zero-order valence-corrected chi connectivity index (χ0v) is 39.2. The third-order valence-corrected chi connectivity index (χ3v) is 20.0. The van der Waals surface area contributed by atoms with Gasteiger partial charge in [0.1, 0.15) is 0 Å². The largest absolute Gasteiger partial charge is 0.309 e. The Labute approximate surface area is 404 Å². The highest BCUT2D eigenvalue weighted by molar-refractivity contribution is 7.20. The monoisotopic (exact) mass is 905 g/mol. The summed E-state index contributed by atoms with van der Waals surface area (Å²) in [6, 6.07) is 98.2. The van der Waals surface area contributed by atoms with Gasteiger partial charge in [-0.15, -0.1) is 0 Å². The van der Waals surface area contributed by atoms with Gasteiger partial charge in [0.05, 0.1) is 44.1 Å². The van der Waals surface area contributed by atoms with Gasteiger partial charge in [-0.3, -0.25) is 0 Å².